The molecule has 0 spiro atoms. The maximum absolute atomic E-state index is 13.5. The van der Waals surface area contributed by atoms with E-state index in [1.165, 1.54) is 12.1 Å². The van der Waals surface area contributed by atoms with E-state index in [-0.39, 0.29) is 5.82 Å². The second-order valence-corrected chi connectivity index (χ2v) is 7.67. The van der Waals surface area contributed by atoms with E-state index < -0.39 is 0 Å². The first kappa shape index (κ1) is 20.9. The molecule has 160 valence electrons. The van der Waals surface area contributed by atoms with E-state index >= 15 is 0 Å². The van der Waals surface area contributed by atoms with Gasteiger partial charge in [0.15, 0.2) is 0 Å². The molecule has 0 amide bonds. The molecule has 0 bridgehead atoms. The highest BCUT2D eigenvalue weighted by atomic mass is 19.1. The Morgan fingerprint density at radius 1 is 1.10 bits per heavy atom. The highest BCUT2D eigenvalue weighted by Crippen LogP contribution is 2.32. The summed E-state index contributed by atoms with van der Waals surface area (Å²) < 4.78 is 15.6. The minimum atomic E-state index is -0.275. The van der Waals surface area contributed by atoms with Gasteiger partial charge >= 0.3 is 0 Å². The van der Waals surface area contributed by atoms with Crippen LogP contribution in [0.15, 0.2) is 54.9 Å². The van der Waals surface area contributed by atoms with Crippen LogP contribution in [0.1, 0.15) is 32.3 Å². The Balaban J connectivity index is 1.80. The molecule has 2 N–H and O–H groups in total. The smallest absolute Gasteiger partial charge is 0.222 e. The lowest BCUT2D eigenvalue weighted by molar-refractivity contribution is 0.508. The molecule has 3 aromatic heterocycles. The maximum atomic E-state index is 13.5. The summed E-state index contributed by atoms with van der Waals surface area (Å²) in [5, 5.41) is 6.54. The summed E-state index contributed by atoms with van der Waals surface area (Å²) >= 11 is 0. The van der Waals surface area contributed by atoms with Gasteiger partial charge < -0.3 is 10.6 Å². The van der Waals surface area contributed by atoms with Crippen molar-refractivity contribution in [2.45, 2.75) is 39.3 Å². The topological polar surface area (TPSA) is 67.1 Å². The summed E-state index contributed by atoms with van der Waals surface area (Å²) in [6, 6.07) is 12.9. The SMILES string of the molecule is CCCC(C)NCc1ccn2c(-c3ccnc(NC)n3)c(-c3ccc(F)cc3)nc2c1. The molecule has 1 unspecified atom stereocenters. The number of nitrogens with one attached hydrogen (secondary N) is 2. The van der Waals surface area contributed by atoms with Gasteiger partial charge in [0, 0.05) is 37.6 Å². The van der Waals surface area contributed by atoms with E-state index in [4.69, 9.17) is 4.98 Å². The molecular weight excluding hydrogens is 391 g/mol. The van der Waals surface area contributed by atoms with Crippen molar-refractivity contribution in [3.63, 3.8) is 0 Å². The monoisotopic (exact) mass is 418 g/mol. The van der Waals surface area contributed by atoms with Crippen LogP contribution in [0.3, 0.4) is 0 Å². The number of rotatable bonds is 8. The van der Waals surface area contributed by atoms with E-state index in [0.717, 1.165) is 53.2 Å². The number of nitrogens with zero attached hydrogens (tertiary/aromatic N) is 4. The van der Waals surface area contributed by atoms with Crippen molar-refractivity contribution in [2.75, 3.05) is 12.4 Å². The molecule has 0 saturated carbocycles. The molecular formula is C24H27FN6. The molecule has 3 heterocycles. The summed E-state index contributed by atoms with van der Waals surface area (Å²) in [5.74, 6) is 0.256. The second-order valence-electron chi connectivity index (χ2n) is 7.67. The Hall–Kier alpha value is -3.32. The summed E-state index contributed by atoms with van der Waals surface area (Å²) in [6.45, 7) is 5.18. The van der Waals surface area contributed by atoms with Gasteiger partial charge in [-0.1, -0.05) is 13.3 Å². The summed E-state index contributed by atoms with van der Waals surface area (Å²) in [4.78, 5) is 13.7. The third-order valence-corrected chi connectivity index (χ3v) is 5.31. The van der Waals surface area contributed by atoms with Crippen molar-refractivity contribution in [1.82, 2.24) is 24.7 Å². The molecule has 0 radical (unpaired) electrons. The number of hydrogen-bond donors (Lipinski definition) is 2. The zero-order valence-corrected chi connectivity index (χ0v) is 18.1. The Kier molecular flexibility index (Phi) is 6.23. The number of hydrogen-bond acceptors (Lipinski definition) is 5. The largest absolute Gasteiger partial charge is 0.357 e. The van der Waals surface area contributed by atoms with Crippen LogP contribution in [0.25, 0.3) is 28.3 Å². The van der Waals surface area contributed by atoms with Gasteiger partial charge in [-0.25, -0.2) is 19.3 Å². The van der Waals surface area contributed by atoms with E-state index in [0.29, 0.717) is 12.0 Å². The Bertz CT molecular complexity index is 1170. The molecule has 1 aromatic carbocycles. The van der Waals surface area contributed by atoms with Gasteiger partial charge in [0.2, 0.25) is 5.95 Å². The average Bonchev–Trinajstić information content (AvgIpc) is 3.17. The lowest BCUT2D eigenvalue weighted by Gasteiger charge is -2.12. The van der Waals surface area contributed by atoms with Gasteiger partial charge in [0.05, 0.1) is 17.1 Å². The predicted octanol–water partition coefficient (Wildman–Crippen LogP) is 4.92. The van der Waals surface area contributed by atoms with Crippen LogP contribution in [0.4, 0.5) is 10.3 Å². The first-order valence-electron chi connectivity index (χ1n) is 10.6. The van der Waals surface area contributed by atoms with Crippen molar-refractivity contribution in [2.24, 2.45) is 0 Å². The van der Waals surface area contributed by atoms with E-state index in [1.807, 2.05) is 16.7 Å². The number of fused-ring (bicyclic) bond motifs is 1. The fraction of sp³-hybridized carbons (Fsp3) is 0.292. The molecule has 0 aliphatic carbocycles. The summed E-state index contributed by atoms with van der Waals surface area (Å²) in [7, 11) is 1.79. The van der Waals surface area contributed by atoms with Gasteiger partial charge in [-0.3, -0.25) is 4.40 Å². The van der Waals surface area contributed by atoms with Crippen molar-refractivity contribution < 1.29 is 4.39 Å². The van der Waals surface area contributed by atoms with E-state index in [2.05, 4.69) is 46.6 Å². The number of pyridine rings is 1. The number of benzene rings is 1. The van der Waals surface area contributed by atoms with Crippen molar-refractivity contribution in [1.29, 1.82) is 0 Å². The zero-order valence-electron chi connectivity index (χ0n) is 18.1. The molecule has 0 aliphatic heterocycles. The third kappa shape index (κ3) is 4.56. The normalized spacial score (nSPS) is 12.3. The third-order valence-electron chi connectivity index (χ3n) is 5.31. The number of aromatic nitrogens is 4. The molecule has 0 saturated heterocycles. The molecule has 7 heteroatoms. The van der Waals surface area contributed by atoms with E-state index in [1.54, 1.807) is 25.4 Å². The summed E-state index contributed by atoms with van der Waals surface area (Å²) in [5.41, 5.74) is 5.16. The van der Waals surface area contributed by atoms with Crippen molar-refractivity contribution in [3.8, 4) is 22.6 Å². The van der Waals surface area contributed by atoms with Crippen molar-refractivity contribution >= 4 is 11.6 Å². The number of imidazole rings is 1. The predicted molar refractivity (Wildman–Crippen MR) is 122 cm³/mol. The van der Waals surface area contributed by atoms with Crippen LogP contribution in [0, 0.1) is 5.82 Å². The first-order chi connectivity index (χ1) is 15.1. The average molecular weight is 419 g/mol. The molecule has 6 nitrogen and oxygen atoms in total. The maximum Gasteiger partial charge on any atom is 0.222 e. The van der Waals surface area contributed by atoms with Gasteiger partial charge in [0.25, 0.3) is 0 Å². The molecule has 0 aliphatic rings. The molecule has 4 rings (SSSR count). The lowest BCUT2D eigenvalue weighted by Crippen LogP contribution is -2.25. The van der Waals surface area contributed by atoms with Gasteiger partial charge in [-0.2, -0.15) is 0 Å². The van der Waals surface area contributed by atoms with Crippen LogP contribution >= 0.6 is 0 Å². The van der Waals surface area contributed by atoms with Crippen LogP contribution in [0.2, 0.25) is 0 Å². The Morgan fingerprint density at radius 3 is 2.65 bits per heavy atom. The van der Waals surface area contributed by atoms with Crippen LogP contribution in [-0.4, -0.2) is 32.4 Å². The summed E-state index contributed by atoms with van der Waals surface area (Å²) in [6.07, 6.45) is 6.04. The standard InChI is InChI=1S/C24H27FN6/c1-4-5-16(2)28-15-17-11-13-31-21(14-17)30-22(18-6-8-19(25)9-7-18)23(31)20-10-12-27-24(26-3)29-20/h6-14,16,28H,4-5,15H2,1-3H3,(H,26,27,29). The Labute approximate surface area is 181 Å². The minimum absolute atomic E-state index is 0.275. The second kappa shape index (κ2) is 9.22. The fourth-order valence-corrected chi connectivity index (χ4v) is 3.69. The zero-order chi connectivity index (χ0) is 21.8. The molecule has 1 atom stereocenters. The van der Waals surface area contributed by atoms with E-state index in [9.17, 15) is 4.39 Å². The fourth-order valence-electron chi connectivity index (χ4n) is 3.69. The van der Waals surface area contributed by atoms with Crippen LogP contribution < -0.4 is 10.6 Å². The van der Waals surface area contributed by atoms with Crippen LogP contribution in [-0.2, 0) is 6.54 Å². The molecule has 31 heavy (non-hydrogen) atoms. The minimum Gasteiger partial charge on any atom is -0.357 e. The van der Waals surface area contributed by atoms with Gasteiger partial charge in [0.1, 0.15) is 11.5 Å². The van der Waals surface area contributed by atoms with Crippen molar-refractivity contribution in [3.05, 3.63) is 66.2 Å². The number of anilines is 1. The van der Waals surface area contributed by atoms with Gasteiger partial charge in [-0.05, 0) is 61.4 Å². The number of halogens is 1. The lowest BCUT2D eigenvalue weighted by atomic mass is 10.1. The molecule has 0 fully saturated rings. The molecule has 4 aromatic rings. The quantitative estimate of drug-likeness (QED) is 0.425. The van der Waals surface area contributed by atoms with Gasteiger partial charge in [-0.15, -0.1) is 0 Å². The highest BCUT2D eigenvalue weighted by molar-refractivity contribution is 5.80. The highest BCUT2D eigenvalue weighted by Gasteiger charge is 2.18. The van der Waals surface area contributed by atoms with Crippen LogP contribution in [0.5, 0.6) is 0 Å². The first-order valence-corrected chi connectivity index (χ1v) is 10.6. The Morgan fingerprint density at radius 2 is 1.90 bits per heavy atom.